The van der Waals surface area contributed by atoms with Crippen LogP contribution in [0.4, 0.5) is 0 Å². The van der Waals surface area contributed by atoms with E-state index in [1.807, 2.05) is 20.8 Å². The van der Waals surface area contributed by atoms with E-state index in [0.717, 1.165) is 6.54 Å². The summed E-state index contributed by atoms with van der Waals surface area (Å²) in [5.41, 5.74) is 8.09. The number of nitrogens with one attached hydrogen (secondary N) is 1. The summed E-state index contributed by atoms with van der Waals surface area (Å²) < 4.78 is 0. The van der Waals surface area contributed by atoms with Crippen LogP contribution in [0.3, 0.4) is 0 Å². The number of amides is 1. The first-order valence-electron chi connectivity index (χ1n) is 7.21. The first-order valence-corrected chi connectivity index (χ1v) is 7.21. The molecule has 4 heteroatoms. The zero-order valence-corrected chi connectivity index (χ0v) is 12.8. The lowest BCUT2D eigenvalue weighted by Crippen LogP contribution is -2.64. The summed E-state index contributed by atoms with van der Waals surface area (Å²) in [6, 6.07) is 8.45. The number of rotatable bonds is 3. The minimum Gasteiger partial charge on any atom is -0.353 e. The number of aryl methyl sites for hydroxylation is 1. The van der Waals surface area contributed by atoms with Gasteiger partial charge in [0, 0.05) is 19.1 Å². The van der Waals surface area contributed by atoms with Gasteiger partial charge in [-0.2, -0.15) is 0 Å². The quantitative estimate of drug-likeness (QED) is 0.881. The molecule has 1 aromatic rings. The Morgan fingerprint density at radius 1 is 1.30 bits per heavy atom. The van der Waals surface area contributed by atoms with Gasteiger partial charge in [0.2, 0.25) is 5.91 Å². The van der Waals surface area contributed by atoms with Crippen LogP contribution in [0.1, 0.15) is 37.9 Å². The Labute approximate surface area is 121 Å². The maximum Gasteiger partial charge on any atom is 0.240 e. The van der Waals surface area contributed by atoms with E-state index < -0.39 is 5.54 Å². The molecule has 0 radical (unpaired) electrons. The summed E-state index contributed by atoms with van der Waals surface area (Å²) in [6.45, 7) is 9.50. The molecule has 4 nitrogen and oxygen atoms in total. The molecule has 1 aromatic carbocycles. The van der Waals surface area contributed by atoms with Crippen molar-refractivity contribution in [2.45, 2.75) is 45.3 Å². The number of carbonyl (C=O) groups excluding carboxylic acids is 1. The summed E-state index contributed by atoms with van der Waals surface area (Å²) in [5, 5.41) is 2.94. The Balaban J connectivity index is 2.37. The molecule has 0 bridgehead atoms. The normalized spacial score (nSPS) is 22.1. The van der Waals surface area contributed by atoms with Gasteiger partial charge in [0.25, 0.3) is 0 Å². The summed E-state index contributed by atoms with van der Waals surface area (Å²) in [4.78, 5) is 14.4. The molecule has 2 rings (SSSR count). The van der Waals surface area contributed by atoms with Crippen LogP contribution in [0.15, 0.2) is 24.3 Å². The number of hydrogen-bond acceptors (Lipinski definition) is 3. The van der Waals surface area contributed by atoms with Crippen LogP contribution in [0, 0.1) is 6.92 Å². The average Bonchev–Trinajstić information content (AvgIpc) is 2.37. The van der Waals surface area contributed by atoms with Gasteiger partial charge in [0.05, 0.1) is 11.6 Å². The van der Waals surface area contributed by atoms with E-state index in [1.54, 1.807) is 0 Å². The van der Waals surface area contributed by atoms with Crippen molar-refractivity contribution in [1.82, 2.24) is 10.2 Å². The number of piperazine rings is 1. The average molecular weight is 275 g/mol. The van der Waals surface area contributed by atoms with Gasteiger partial charge in [0.15, 0.2) is 0 Å². The van der Waals surface area contributed by atoms with Crippen LogP contribution in [-0.2, 0) is 4.79 Å². The summed E-state index contributed by atoms with van der Waals surface area (Å²) in [6.07, 6.45) is 0. The topological polar surface area (TPSA) is 58.4 Å². The second kappa shape index (κ2) is 5.54. The molecule has 0 aromatic heterocycles. The predicted octanol–water partition coefficient (Wildman–Crippen LogP) is 1.59. The Morgan fingerprint density at radius 2 is 1.90 bits per heavy atom. The van der Waals surface area contributed by atoms with E-state index in [-0.39, 0.29) is 18.0 Å². The fourth-order valence-electron chi connectivity index (χ4n) is 2.93. The number of carbonyl (C=O) groups is 1. The van der Waals surface area contributed by atoms with Crippen molar-refractivity contribution >= 4 is 5.91 Å². The van der Waals surface area contributed by atoms with Crippen LogP contribution in [0.25, 0.3) is 0 Å². The smallest absolute Gasteiger partial charge is 0.240 e. The molecule has 3 N–H and O–H groups in total. The van der Waals surface area contributed by atoms with Crippen LogP contribution < -0.4 is 11.1 Å². The van der Waals surface area contributed by atoms with Crippen molar-refractivity contribution in [3.8, 4) is 0 Å². The van der Waals surface area contributed by atoms with Crippen molar-refractivity contribution in [3.05, 3.63) is 35.4 Å². The molecule has 110 valence electrons. The molecule has 1 amide bonds. The molecule has 2 atom stereocenters. The van der Waals surface area contributed by atoms with Crippen LogP contribution >= 0.6 is 0 Å². The van der Waals surface area contributed by atoms with E-state index in [0.29, 0.717) is 6.54 Å². The second-order valence-corrected chi connectivity index (χ2v) is 6.22. The van der Waals surface area contributed by atoms with Gasteiger partial charge in [0.1, 0.15) is 0 Å². The predicted molar refractivity (Wildman–Crippen MR) is 81.4 cm³/mol. The highest BCUT2D eigenvalue weighted by atomic mass is 16.2. The van der Waals surface area contributed by atoms with E-state index in [2.05, 4.69) is 41.4 Å². The summed E-state index contributed by atoms with van der Waals surface area (Å²) >= 11 is 0. The van der Waals surface area contributed by atoms with E-state index >= 15 is 0 Å². The lowest BCUT2D eigenvalue weighted by Gasteiger charge is -2.47. The highest BCUT2D eigenvalue weighted by Crippen LogP contribution is 2.32. The SMILES string of the molecule is Cc1ccc(C(C(C)N)N2CCNC(=O)C2(C)C)cc1. The lowest BCUT2D eigenvalue weighted by molar-refractivity contribution is -0.137. The molecule has 0 saturated carbocycles. The van der Waals surface area contributed by atoms with Crippen molar-refractivity contribution in [2.24, 2.45) is 5.73 Å². The van der Waals surface area contributed by atoms with Gasteiger partial charge in [-0.25, -0.2) is 0 Å². The Kier molecular flexibility index (Phi) is 4.16. The monoisotopic (exact) mass is 275 g/mol. The van der Waals surface area contributed by atoms with Gasteiger partial charge >= 0.3 is 0 Å². The minimum atomic E-state index is -0.540. The Bertz CT molecular complexity index is 479. The van der Waals surface area contributed by atoms with Crippen molar-refractivity contribution in [2.75, 3.05) is 13.1 Å². The van der Waals surface area contributed by atoms with Gasteiger partial charge in [-0.1, -0.05) is 29.8 Å². The van der Waals surface area contributed by atoms with Crippen molar-refractivity contribution in [3.63, 3.8) is 0 Å². The Hall–Kier alpha value is -1.39. The summed E-state index contributed by atoms with van der Waals surface area (Å²) in [5.74, 6) is 0.0708. The third-order valence-electron chi connectivity index (χ3n) is 4.16. The molecule has 1 heterocycles. The lowest BCUT2D eigenvalue weighted by atomic mass is 9.90. The molecular weight excluding hydrogens is 250 g/mol. The van der Waals surface area contributed by atoms with Crippen LogP contribution in [0.2, 0.25) is 0 Å². The molecule has 0 spiro atoms. The van der Waals surface area contributed by atoms with Crippen LogP contribution in [-0.4, -0.2) is 35.5 Å². The third-order valence-corrected chi connectivity index (χ3v) is 4.16. The zero-order valence-electron chi connectivity index (χ0n) is 12.8. The number of hydrogen-bond donors (Lipinski definition) is 2. The third kappa shape index (κ3) is 2.72. The highest BCUT2D eigenvalue weighted by molar-refractivity contribution is 5.86. The highest BCUT2D eigenvalue weighted by Gasteiger charge is 2.42. The zero-order chi connectivity index (χ0) is 14.9. The Morgan fingerprint density at radius 3 is 2.45 bits per heavy atom. The number of nitrogens with two attached hydrogens (primary N) is 1. The van der Waals surface area contributed by atoms with Crippen molar-refractivity contribution in [1.29, 1.82) is 0 Å². The molecule has 0 aliphatic carbocycles. The second-order valence-electron chi connectivity index (χ2n) is 6.22. The van der Waals surface area contributed by atoms with Gasteiger partial charge < -0.3 is 11.1 Å². The standard InChI is InChI=1S/C16H25N3O/c1-11-5-7-13(8-6-11)14(12(2)17)19-10-9-18-15(20)16(19,3)4/h5-8,12,14H,9-10,17H2,1-4H3,(H,18,20). The molecular formula is C16H25N3O. The fraction of sp³-hybridized carbons (Fsp3) is 0.562. The van der Waals surface area contributed by atoms with Gasteiger partial charge in [-0.05, 0) is 33.3 Å². The van der Waals surface area contributed by atoms with E-state index in [1.165, 1.54) is 11.1 Å². The first kappa shape index (κ1) is 15.0. The maximum absolute atomic E-state index is 12.1. The largest absolute Gasteiger partial charge is 0.353 e. The number of nitrogens with zero attached hydrogens (tertiary/aromatic N) is 1. The van der Waals surface area contributed by atoms with Gasteiger partial charge in [-0.3, -0.25) is 9.69 Å². The molecule has 1 aliphatic heterocycles. The molecule has 1 fully saturated rings. The van der Waals surface area contributed by atoms with Crippen LogP contribution in [0.5, 0.6) is 0 Å². The van der Waals surface area contributed by atoms with E-state index in [4.69, 9.17) is 5.73 Å². The molecule has 1 aliphatic rings. The molecule has 20 heavy (non-hydrogen) atoms. The summed E-state index contributed by atoms with van der Waals surface area (Å²) in [7, 11) is 0. The van der Waals surface area contributed by atoms with Gasteiger partial charge in [-0.15, -0.1) is 0 Å². The number of benzene rings is 1. The maximum atomic E-state index is 12.1. The molecule has 2 unspecified atom stereocenters. The fourth-order valence-corrected chi connectivity index (χ4v) is 2.93. The van der Waals surface area contributed by atoms with E-state index in [9.17, 15) is 4.79 Å². The van der Waals surface area contributed by atoms with Crippen molar-refractivity contribution < 1.29 is 4.79 Å². The molecule has 1 saturated heterocycles. The first-order chi connectivity index (χ1) is 9.34. The minimum absolute atomic E-state index is 0.0390.